The lowest BCUT2D eigenvalue weighted by Crippen LogP contribution is -1.99. The van der Waals surface area contributed by atoms with Gasteiger partial charge in [-0.05, 0) is 46.5 Å². The van der Waals surface area contributed by atoms with Crippen LogP contribution in [0.2, 0.25) is 0 Å². The highest BCUT2D eigenvalue weighted by Crippen LogP contribution is 2.25. The maximum atomic E-state index is 5.30. The van der Waals surface area contributed by atoms with Crippen LogP contribution in [0.3, 0.4) is 0 Å². The molecule has 24 heavy (non-hydrogen) atoms. The number of tetrazole rings is 1. The molecule has 0 aliphatic rings. The average Bonchev–Trinajstić information content (AvgIpc) is 3.33. The summed E-state index contributed by atoms with van der Waals surface area (Å²) < 4.78 is 7.00. The highest BCUT2D eigenvalue weighted by Gasteiger charge is 2.13. The zero-order chi connectivity index (χ0) is 16.4. The summed E-state index contributed by atoms with van der Waals surface area (Å²) >= 11 is 3.03. The molecular formula is C15H12N6OS2. The Balaban J connectivity index is 1.50. The molecule has 0 fully saturated rings. The van der Waals surface area contributed by atoms with Crippen molar-refractivity contribution >= 4 is 23.1 Å². The molecule has 0 saturated heterocycles. The smallest absolute Gasteiger partial charge is 0.237 e. The first-order chi connectivity index (χ1) is 11.8. The zero-order valence-electron chi connectivity index (χ0n) is 12.7. The molecule has 1 aromatic carbocycles. The summed E-state index contributed by atoms with van der Waals surface area (Å²) in [6.07, 6.45) is 0. The number of benzene rings is 1. The summed E-state index contributed by atoms with van der Waals surface area (Å²) in [5.74, 6) is 1.66. The van der Waals surface area contributed by atoms with E-state index in [1.807, 2.05) is 48.7 Å². The Bertz CT molecular complexity index is 946. The van der Waals surface area contributed by atoms with Crippen molar-refractivity contribution in [3.05, 3.63) is 53.2 Å². The molecule has 0 N–H and O–H groups in total. The first-order valence-corrected chi connectivity index (χ1v) is 9.01. The van der Waals surface area contributed by atoms with Gasteiger partial charge in [0.25, 0.3) is 0 Å². The van der Waals surface area contributed by atoms with Crippen LogP contribution in [-0.2, 0) is 5.75 Å². The average molecular weight is 356 g/mol. The molecule has 0 amide bonds. The van der Waals surface area contributed by atoms with Crippen molar-refractivity contribution in [3.8, 4) is 16.4 Å². The lowest BCUT2D eigenvalue weighted by atomic mass is 10.2. The van der Waals surface area contributed by atoms with E-state index in [9.17, 15) is 0 Å². The van der Waals surface area contributed by atoms with Crippen molar-refractivity contribution in [1.29, 1.82) is 0 Å². The maximum Gasteiger partial charge on any atom is 0.237 e. The molecule has 7 nitrogen and oxygen atoms in total. The van der Waals surface area contributed by atoms with Crippen LogP contribution in [0.5, 0.6) is 0 Å². The van der Waals surface area contributed by atoms with Crippen LogP contribution in [0.15, 0.2) is 51.5 Å². The molecule has 0 radical (unpaired) electrons. The molecule has 0 bridgehead atoms. The van der Waals surface area contributed by atoms with Crippen LogP contribution in [0.1, 0.15) is 11.5 Å². The third-order valence-corrected chi connectivity index (χ3v) is 4.99. The number of thioether (sulfide) groups is 1. The summed E-state index contributed by atoms with van der Waals surface area (Å²) in [5.41, 5.74) is 2.07. The lowest BCUT2D eigenvalue weighted by molar-refractivity contribution is 0.391. The van der Waals surface area contributed by atoms with Gasteiger partial charge in [0.05, 0.1) is 16.3 Å². The third kappa shape index (κ3) is 3.08. The molecule has 0 spiro atoms. The molecule has 0 atom stereocenters. The third-order valence-electron chi connectivity index (χ3n) is 3.22. The number of hydrogen-bond donors (Lipinski definition) is 0. The molecule has 120 valence electrons. The van der Waals surface area contributed by atoms with Crippen LogP contribution in [-0.4, -0.2) is 30.3 Å². The Morgan fingerprint density at radius 3 is 3.04 bits per heavy atom. The fourth-order valence-electron chi connectivity index (χ4n) is 2.14. The van der Waals surface area contributed by atoms with Crippen molar-refractivity contribution in [2.45, 2.75) is 17.8 Å². The summed E-state index contributed by atoms with van der Waals surface area (Å²) in [4.78, 5) is 5.39. The van der Waals surface area contributed by atoms with Crippen molar-refractivity contribution in [3.63, 3.8) is 0 Å². The molecule has 0 saturated carbocycles. The zero-order valence-corrected chi connectivity index (χ0v) is 14.3. The van der Waals surface area contributed by atoms with Gasteiger partial charge < -0.3 is 4.52 Å². The molecule has 0 aliphatic heterocycles. The first kappa shape index (κ1) is 15.0. The van der Waals surface area contributed by atoms with E-state index in [0.29, 0.717) is 22.6 Å². The van der Waals surface area contributed by atoms with Crippen molar-refractivity contribution in [2.75, 3.05) is 0 Å². The second-order valence-electron chi connectivity index (χ2n) is 4.99. The maximum absolute atomic E-state index is 5.30. The monoisotopic (exact) mass is 356 g/mol. The van der Waals surface area contributed by atoms with Crippen LogP contribution in [0.4, 0.5) is 0 Å². The lowest BCUT2D eigenvalue weighted by Gasteiger charge is -2.03. The predicted molar refractivity (Wildman–Crippen MR) is 91.1 cm³/mol. The SMILES string of the molecule is Cc1cccc(-n2nnnc2SCc2nc(-c3cccs3)no2)c1. The Kier molecular flexibility index (Phi) is 4.09. The highest BCUT2D eigenvalue weighted by atomic mass is 32.2. The quantitative estimate of drug-likeness (QED) is 0.507. The number of aryl methyl sites for hydroxylation is 1. The molecule has 0 unspecified atom stereocenters. The molecule has 4 aromatic rings. The second-order valence-corrected chi connectivity index (χ2v) is 6.88. The standard InChI is InChI=1S/C15H12N6OS2/c1-10-4-2-5-11(8-10)21-15(17-19-20-21)24-9-13-16-14(18-22-13)12-6-3-7-23-12/h2-8H,9H2,1H3. The van der Waals surface area contributed by atoms with E-state index < -0.39 is 0 Å². The summed E-state index contributed by atoms with van der Waals surface area (Å²) in [6.45, 7) is 2.03. The molecule has 3 heterocycles. The van der Waals surface area contributed by atoms with Gasteiger partial charge in [0.2, 0.25) is 16.9 Å². The number of thiophene rings is 1. The van der Waals surface area contributed by atoms with Crippen LogP contribution >= 0.6 is 23.1 Å². The Labute approximate surface area is 145 Å². The van der Waals surface area contributed by atoms with Crippen LogP contribution in [0.25, 0.3) is 16.4 Å². The predicted octanol–water partition coefficient (Wildman–Crippen LogP) is 3.37. The van der Waals surface area contributed by atoms with Crippen molar-refractivity contribution in [1.82, 2.24) is 30.3 Å². The molecule has 0 aliphatic carbocycles. The molecule has 9 heteroatoms. The minimum Gasteiger partial charge on any atom is -0.338 e. The van der Waals surface area contributed by atoms with Crippen molar-refractivity contribution < 1.29 is 4.52 Å². The second kappa shape index (κ2) is 6.54. The number of hydrogen-bond acceptors (Lipinski definition) is 8. The minimum atomic E-state index is 0.505. The first-order valence-electron chi connectivity index (χ1n) is 7.14. The van der Waals surface area contributed by atoms with Gasteiger partial charge in [-0.1, -0.05) is 35.1 Å². The summed E-state index contributed by atoms with van der Waals surface area (Å²) in [6, 6.07) is 11.9. The van der Waals surface area contributed by atoms with Gasteiger partial charge in [0.15, 0.2) is 0 Å². The van der Waals surface area contributed by atoms with E-state index in [2.05, 4.69) is 25.7 Å². The Hall–Kier alpha value is -2.52. The molecule has 4 rings (SSSR count). The number of nitrogens with zero attached hydrogens (tertiary/aromatic N) is 6. The van der Waals surface area contributed by atoms with E-state index >= 15 is 0 Å². The van der Waals surface area contributed by atoms with Gasteiger partial charge in [-0.3, -0.25) is 0 Å². The number of rotatable bonds is 5. The van der Waals surface area contributed by atoms with E-state index in [1.165, 1.54) is 11.8 Å². The van der Waals surface area contributed by atoms with Crippen molar-refractivity contribution in [2.24, 2.45) is 0 Å². The van der Waals surface area contributed by atoms with Gasteiger partial charge in [0.1, 0.15) is 0 Å². The Morgan fingerprint density at radius 1 is 1.25 bits per heavy atom. The minimum absolute atomic E-state index is 0.505. The highest BCUT2D eigenvalue weighted by molar-refractivity contribution is 7.98. The van der Waals surface area contributed by atoms with Gasteiger partial charge in [-0.2, -0.15) is 9.67 Å². The van der Waals surface area contributed by atoms with E-state index in [-0.39, 0.29) is 0 Å². The topological polar surface area (TPSA) is 82.5 Å². The van der Waals surface area contributed by atoms with Crippen LogP contribution in [0, 0.1) is 6.92 Å². The van der Waals surface area contributed by atoms with E-state index in [4.69, 9.17) is 4.52 Å². The summed E-state index contributed by atoms with van der Waals surface area (Å²) in [7, 11) is 0. The van der Waals surface area contributed by atoms with Gasteiger partial charge in [-0.15, -0.1) is 16.4 Å². The fourth-order valence-corrected chi connectivity index (χ4v) is 3.51. The van der Waals surface area contributed by atoms with E-state index in [1.54, 1.807) is 16.0 Å². The van der Waals surface area contributed by atoms with Gasteiger partial charge >= 0.3 is 0 Å². The van der Waals surface area contributed by atoms with E-state index in [0.717, 1.165) is 16.1 Å². The number of aromatic nitrogens is 6. The summed E-state index contributed by atoms with van der Waals surface area (Å²) in [5, 5.41) is 18.6. The largest absolute Gasteiger partial charge is 0.338 e. The normalized spacial score (nSPS) is 11.0. The molecule has 3 aromatic heterocycles. The molecular weight excluding hydrogens is 344 g/mol. The Morgan fingerprint density at radius 2 is 2.21 bits per heavy atom. The van der Waals surface area contributed by atoms with Gasteiger partial charge in [0, 0.05) is 0 Å². The van der Waals surface area contributed by atoms with Crippen LogP contribution < -0.4 is 0 Å². The fraction of sp³-hybridized carbons (Fsp3) is 0.133. The van der Waals surface area contributed by atoms with Gasteiger partial charge in [-0.25, -0.2) is 0 Å².